The first-order valence-corrected chi connectivity index (χ1v) is 8.77. The van der Waals surface area contributed by atoms with Crippen molar-refractivity contribution in [2.24, 2.45) is 0 Å². The number of halogens is 1. The first-order valence-electron chi connectivity index (χ1n) is 8.39. The Bertz CT molecular complexity index is 897. The van der Waals surface area contributed by atoms with Crippen LogP contribution in [0.25, 0.3) is 0 Å². The maximum absolute atomic E-state index is 12.6. The zero-order valence-electron chi connectivity index (χ0n) is 14.5. The topological polar surface area (TPSA) is 54.0 Å². The smallest absolute Gasteiger partial charge is 0.251 e. The van der Waals surface area contributed by atoms with Crippen LogP contribution in [0.15, 0.2) is 67.0 Å². The van der Waals surface area contributed by atoms with Crippen molar-refractivity contribution in [3.63, 3.8) is 0 Å². The molecule has 1 amide bonds. The van der Waals surface area contributed by atoms with Gasteiger partial charge in [0.05, 0.1) is 0 Å². The van der Waals surface area contributed by atoms with Gasteiger partial charge in [-0.3, -0.25) is 9.78 Å². The minimum absolute atomic E-state index is 0.118. The second-order valence-corrected chi connectivity index (χ2v) is 6.37. The van der Waals surface area contributed by atoms with Crippen molar-refractivity contribution >= 4 is 23.2 Å². The second kappa shape index (κ2) is 8.50. The van der Waals surface area contributed by atoms with Crippen LogP contribution in [-0.4, -0.2) is 10.9 Å². The fourth-order valence-electron chi connectivity index (χ4n) is 2.69. The summed E-state index contributed by atoms with van der Waals surface area (Å²) >= 11 is 6.14. The molecule has 0 spiro atoms. The number of nitrogens with zero attached hydrogens (tertiary/aromatic N) is 1. The summed E-state index contributed by atoms with van der Waals surface area (Å²) in [5, 5.41) is 6.95. The number of hydrogen-bond donors (Lipinski definition) is 2. The standard InChI is InChI=1S/C21H20ClN3O/c1-15-18(21(26)25-14-17-7-2-3-9-19(17)22)8-4-10-20(15)24-13-16-6-5-11-23-12-16/h2-12,24H,13-14H2,1H3,(H,25,26). The molecule has 26 heavy (non-hydrogen) atoms. The number of carbonyl (C=O) groups excluding carboxylic acids is 1. The van der Waals surface area contributed by atoms with Gasteiger partial charge < -0.3 is 10.6 Å². The summed E-state index contributed by atoms with van der Waals surface area (Å²) in [5.74, 6) is -0.118. The average Bonchev–Trinajstić information content (AvgIpc) is 2.67. The number of benzene rings is 2. The molecule has 0 fully saturated rings. The number of rotatable bonds is 6. The van der Waals surface area contributed by atoms with Crippen molar-refractivity contribution in [1.82, 2.24) is 10.3 Å². The van der Waals surface area contributed by atoms with E-state index in [-0.39, 0.29) is 5.91 Å². The Kier molecular flexibility index (Phi) is 5.87. The maximum Gasteiger partial charge on any atom is 0.251 e. The number of amides is 1. The molecule has 2 N–H and O–H groups in total. The highest BCUT2D eigenvalue weighted by Crippen LogP contribution is 2.20. The quantitative estimate of drug-likeness (QED) is 0.672. The molecule has 1 heterocycles. The van der Waals surface area contributed by atoms with E-state index in [1.54, 1.807) is 6.20 Å². The molecule has 0 saturated carbocycles. The lowest BCUT2D eigenvalue weighted by atomic mass is 10.1. The fourth-order valence-corrected chi connectivity index (χ4v) is 2.89. The van der Waals surface area contributed by atoms with Gasteiger partial charge in [-0.2, -0.15) is 0 Å². The van der Waals surface area contributed by atoms with Gasteiger partial charge >= 0.3 is 0 Å². The number of carbonyl (C=O) groups is 1. The Balaban J connectivity index is 1.68. The van der Waals surface area contributed by atoms with Crippen molar-refractivity contribution < 1.29 is 4.79 Å². The first-order chi connectivity index (χ1) is 12.6. The van der Waals surface area contributed by atoms with Crippen LogP contribution in [0.4, 0.5) is 5.69 Å². The van der Waals surface area contributed by atoms with Crippen LogP contribution in [0.1, 0.15) is 27.0 Å². The van der Waals surface area contributed by atoms with Gasteiger partial charge in [0.25, 0.3) is 5.91 Å². The molecule has 4 nitrogen and oxygen atoms in total. The molecule has 0 radical (unpaired) electrons. The van der Waals surface area contributed by atoms with E-state index in [1.165, 1.54) is 0 Å². The van der Waals surface area contributed by atoms with Crippen LogP contribution >= 0.6 is 11.6 Å². The molecule has 3 aromatic rings. The molecular weight excluding hydrogens is 346 g/mol. The van der Waals surface area contributed by atoms with Crippen LogP contribution in [-0.2, 0) is 13.1 Å². The minimum atomic E-state index is -0.118. The molecule has 132 valence electrons. The van der Waals surface area contributed by atoms with Crippen molar-refractivity contribution in [3.05, 3.63) is 94.3 Å². The lowest BCUT2D eigenvalue weighted by molar-refractivity contribution is 0.0950. The monoisotopic (exact) mass is 365 g/mol. The zero-order valence-corrected chi connectivity index (χ0v) is 15.3. The second-order valence-electron chi connectivity index (χ2n) is 5.97. The lowest BCUT2D eigenvalue weighted by Gasteiger charge is -2.14. The van der Waals surface area contributed by atoms with Gasteiger partial charge in [-0.05, 0) is 47.9 Å². The Labute approximate surface area is 158 Å². The largest absolute Gasteiger partial charge is 0.381 e. The molecule has 0 saturated heterocycles. The van der Waals surface area contributed by atoms with E-state index in [2.05, 4.69) is 15.6 Å². The number of anilines is 1. The van der Waals surface area contributed by atoms with E-state index in [9.17, 15) is 4.79 Å². The van der Waals surface area contributed by atoms with Gasteiger partial charge in [-0.25, -0.2) is 0 Å². The van der Waals surface area contributed by atoms with Crippen molar-refractivity contribution in [2.45, 2.75) is 20.0 Å². The van der Waals surface area contributed by atoms with E-state index in [0.29, 0.717) is 23.7 Å². The zero-order chi connectivity index (χ0) is 18.4. The highest BCUT2D eigenvalue weighted by molar-refractivity contribution is 6.31. The van der Waals surface area contributed by atoms with E-state index >= 15 is 0 Å². The summed E-state index contributed by atoms with van der Waals surface area (Å²) in [6.45, 7) is 2.99. The molecule has 3 rings (SSSR count). The summed E-state index contributed by atoms with van der Waals surface area (Å²) in [7, 11) is 0. The molecule has 0 aliphatic carbocycles. The number of aromatic nitrogens is 1. The predicted octanol–water partition coefficient (Wildman–Crippen LogP) is 4.59. The van der Waals surface area contributed by atoms with Crippen LogP contribution in [0.5, 0.6) is 0 Å². The molecule has 1 aromatic heterocycles. The molecular formula is C21H20ClN3O. The Morgan fingerprint density at radius 3 is 2.65 bits per heavy atom. The third kappa shape index (κ3) is 4.41. The highest BCUT2D eigenvalue weighted by atomic mass is 35.5. The van der Waals surface area contributed by atoms with Gasteiger partial charge in [-0.15, -0.1) is 0 Å². The Hall–Kier alpha value is -2.85. The van der Waals surface area contributed by atoms with Gasteiger partial charge in [-0.1, -0.05) is 41.9 Å². The van der Waals surface area contributed by atoms with Crippen LogP contribution in [0.2, 0.25) is 5.02 Å². The SMILES string of the molecule is Cc1c(NCc2cccnc2)cccc1C(=O)NCc1ccccc1Cl. The van der Waals surface area contributed by atoms with Crippen LogP contribution in [0, 0.1) is 6.92 Å². The fraction of sp³-hybridized carbons (Fsp3) is 0.143. The summed E-state index contributed by atoms with van der Waals surface area (Å²) in [4.78, 5) is 16.7. The summed E-state index contributed by atoms with van der Waals surface area (Å²) in [6.07, 6.45) is 3.57. The molecule has 5 heteroatoms. The molecule has 0 atom stereocenters. The summed E-state index contributed by atoms with van der Waals surface area (Å²) in [6, 6.07) is 17.1. The normalized spacial score (nSPS) is 10.4. The average molecular weight is 366 g/mol. The van der Waals surface area contributed by atoms with E-state index in [0.717, 1.165) is 22.4 Å². The maximum atomic E-state index is 12.6. The van der Waals surface area contributed by atoms with E-state index < -0.39 is 0 Å². The van der Waals surface area contributed by atoms with E-state index in [1.807, 2.05) is 67.7 Å². The molecule has 0 aliphatic heterocycles. The Morgan fingerprint density at radius 1 is 1.04 bits per heavy atom. The van der Waals surface area contributed by atoms with Gasteiger partial charge in [0.1, 0.15) is 0 Å². The highest BCUT2D eigenvalue weighted by Gasteiger charge is 2.12. The van der Waals surface area contributed by atoms with Crippen molar-refractivity contribution in [3.8, 4) is 0 Å². The number of pyridine rings is 1. The van der Waals surface area contributed by atoms with Crippen molar-refractivity contribution in [1.29, 1.82) is 0 Å². The minimum Gasteiger partial charge on any atom is -0.381 e. The summed E-state index contributed by atoms with van der Waals surface area (Å²) in [5.41, 5.74) is 4.46. The Morgan fingerprint density at radius 2 is 1.88 bits per heavy atom. The van der Waals surface area contributed by atoms with E-state index in [4.69, 9.17) is 11.6 Å². The lowest BCUT2D eigenvalue weighted by Crippen LogP contribution is -2.24. The van der Waals surface area contributed by atoms with Crippen LogP contribution in [0.3, 0.4) is 0 Å². The third-order valence-corrected chi connectivity index (χ3v) is 4.55. The van der Waals surface area contributed by atoms with Crippen LogP contribution < -0.4 is 10.6 Å². The van der Waals surface area contributed by atoms with Gasteiger partial charge in [0.15, 0.2) is 0 Å². The third-order valence-electron chi connectivity index (χ3n) is 4.18. The molecule has 0 unspecified atom stereocenters. The first kappa shape index (κ1) is 18.0. The molecule has 0 bridgehead atoms. The predicted molar refractivity (Wildman–Crippen MR) is 105 cm³/mol. The summed E-state index contributed by atoms with van der Waals surface area (Å²) < 4.78 is 0. The van der Waals surface area contributed by atoms with Gasteiger partial charge in [0.2, 0.25) is 0 Å². The molecule has 0 aliphatic rings. The number of hydrogen-bond acceptors (Lipinski definition) is 3. The van der Waals surface area contributed by atoms with Crippen molar-refractivity contribution in [2.75, 3.05) is 5.32 Å². The number of nitrogens with one attached hydrogen (secondary N) is 2. The van der Waals surface area contributed by atoms with Gasteiger partial charge in [0, 0.05) is 41.8 Å². The molecule has 2 aromatic carbocycles.